The van der Waals surface area contributed by atoms with Crippen LogP contribution < -0.4 is 21.1 Å². The monoisotopic (exact) mass is 372 g/mol. The molecule has 0 rings (SSSR count). The molecule has 0 aliphatic rings. The van der Waals surface area contributed by atoms with E-state index in [4.69, 9.17) is 0 Å². The number of rotatable bonds is 11. The van der Waals surface area contributed by atoms with Crippen LogP contribution in [0.15, 0.2) is 0 Å². The van der Waals surface area contributed by atoms with Crippen molar-refractivity contribution in [2.45, 2.75) is 65.1 Å². The first-order chi connectivity index (χ1) is 12.0. The summed E-state index contributed by atoms with van der Waals surface area (Å²) in [5.74, 6) is -3.63. The maximum absolute atomic E-state index is 12.3. The molecule has 10 nitrogen and oxygen atoms in total. The molecule has 148 valence electrons. The molecule has 0 fully saturated rings. The summed E-state index contributed by atoms with van der Waals surface area (Å²) in [6.07, 6.45) is 0.0344. The number of unbranched alkanes of at least 4 members (excludes halogenated alkanes) is 1. The summed E-state index contributed by atoms with van der Waals surface area (Å²) in [5.41, 5.74) is 0. The molecule has 0 heterocycles. The van der Waals surface area contributed by atoms with E-state index in [2.05, 4.69) is 20.7 Å². The fourth-order valence-corrected chi connectivity index (χ4v) is 1.95. The number of amides is 3. The molecular formula is C16H26N3O7-. The van der Waals surface area contributed by atoms with Gasteiger partial charge in [-0.25, -0.2) is 4.79 Å². The van der Waals surface area contributed by atoms with Gasteiger partial charge in [-0.2, -0.15) is 0 Å². The lowest BCUT2D eigenvalue weighted by Gasteiger charge is -2.22. The molecule has 0 spiro atoms. The number of carbonyl (C=O) groups is 5. The van der Waals surface area contributed by atoms with E-state index >= 15 is 0 Å². The lowest BCUT2D eigenvalue weighted by Crippen LogP contribution is -2.51. The smallest absolute Gasteiger partial charge is 0.328 e. The summed E-state index contributed by atoms with van der Waals surface area (Å²) in [4.78, 5) is 56.6. The summed E-state index contributed by atoms with van der Waals surface area (Å²) >= 11 is 0. The quantitative estimate of drug-likeness (QED) is 0.279. The van der Waals surface area contributed by atoms with Crippen molar-refractivity contribution in [2.75, 3.05) is 6.54 Å². The third-order valence-electron chi connectivity index (χ3n) is 3.32. The summed E-state index contributed by atoms with van der Waals surface area (Å²) in [6, 6.07) is -1.96. The van der Waals surface area contributed by atoms with Crippen LogP contribution in [0.4, 0.5) is 0 Å². The van der Waals surface area contributed by atoms with E-state index in [9.17, 15) is 29.1 Å². The second-order valence-corrected chi connectivity index (χ2v) is 5.86. The molecule has 0 aliphatic heterocycles. The van der Waals surface area contributed by atoms with Crippen LogP contribution in [0.3, 0.4) is 0 Å². The predicted octanol–water partition coefficient (Wildman–Crippen LogP) is -2.02. The molecule has 0 radical (unpaired) electrons. The fourth-order valence-electron chi connectivity index (χ4n) is 1.95. The van der Waals surface area contributed by atoms with Crippen molar-refractivity contribution in [3.8, 4) is 0 Å². The molecule has 0 saturated carbocycles. The van der Waals surface area contributed by atoms with Crippen LogP contribution in [0.1, 0.15) is 47.0 Å². The molecule has 0 saturated heterocycles. The van der Waals surface area contributed by atoms with Gasteiger partial charge < -0.3 is 30.6 Å². The number of aliphatic carboxylic acids is 1. The van der Waals surface area contributed by atoms with Gasteiger partial charge in [-0.15, -0.1) is 0 Å². The Hall–Kier alpha value is -2.65. The van der Waals surface area contributed by atoms with E-state index in [1.165, 1.54) is 20.8 Å². The molecule has 0 aromatic heterocycles. The van der Waals surface area contributed by atoms with Gasteiger partial charge >= 0.3 is 5.97 Å². The number of esters is 1. The number of hydrogen-bond donors (Lipinski definition) is 3. The third-order valence-corrected chi connectivity index (χ3v) is 3.32. The minimum atomic E-state index is -1.55. The molecule has 26 heavy (non-hydrogen) atoms. The van der Waals surface area contributed by atoms with E-state index in [1.807, 2.05) is 0 Å². The van der Waals surface area contributed by atoms with Crippen LogP contribution in [0.5, 0.6) is 0 Å². The van der Waals surface area contributed by atoms with Crippen LogP contribution in [0.2, 0.25) is 0 Å². The number of carbonyl (C=O) groups excluding carboxylic acids is 5. The van der Waals surface area contributed by atoms with Crippen LogP contribution in [-0.4, -0.2) is 54.4 Å². The first-order valence-electron chi connectivity index (χ1n) is 8.27. The molecular weight excluding hydrogens is 346 g/mol. The standard InChI is InChI=1S/C16H27N3O7/c1-9(16(25)26-10(2)15(23)24)18-14(22)13(19-12(4)21)7-5-6-8-17-11(3)20/h9-10,13H,5-8H2,1-4H3,(H,17,20)(H,18,22)(H,19,21)(H,23,24)/p-1. The van der Waals surface area contributed by atoms with Crippen molar-refractivity contribution in [2.24, 2.45) is 0 Å². The second-order valence-electron chi connectivity index (χ2n) is 5.86. The Morgan fingerprint density at radius 3 is 2.08 bits per heavy atom. The van der Waals surface area contributed by atoms with Gasteiger partial charge in [0.25, 0.3) is 0 Å². The highest BCUT2D eigenvalue weighted by atomic mass is 16.6. The highest BCUT2D eigenvalue weighted by Gasteiger charge is 2.25. The lowest BCUT2D eigenvalue weighted by molar-refractivity contribution is -0.314. The number of carboxylic acids is 1. The topological polar surface area (TPSA) is 154 Å². The van der Waals surface area contributed by atoms with E-state index < -0.39 is 41.9 Å². The van der Waals surface area contributed by atoms with Crippen LogP contribution >= 0.6 is 0 Å². The molecule has 3 amide bonds. The maximum atomic E-state index is 12.3. The Morgan fingerprint density at radius 1 is 0.962 bits per heavy atom. The Kier molecular flexibility index (Phi) is 10.6. The maximum Gasteiger partial charge on any atom is 0.328 e. The number of ether oxygens (including phenoxy) is 1. The average Bonchev–Trinajstić information content (AvgIpc) is 2.52. The molecule has 0 aromatic rings. The normalized spacial score (nSPS) is 13.7. The van der Waals surface area contributed by atoms with Gasteiger partial charge in [0, 0.05) is 20.4 Å². The summed E-state index contributed by atoms with van der Waals surface area (Å²) in [6.45, 7) is 5.58. The average molecular weight is 372 g/mol. The highest BCUT2D eigenvalue weighted by Crippen LogP contribution is 2.03. The van der Waals surface area contributed by atoms with E-state index in [0.29, 0.717) is 25.8 Å². The zero-order chi connectivity index (χ0) is 20.3. The Morgan fingerprint density at radius 2 is 1.58 bits per heavy atom. The molecule has 0 aliphatic carbocycles. The number of carboxylic acid groups (broad SMARTS) is 1. The molecule has 10 heteroatoms. The minimum absolute atomic E-state index is 0.153. The third kappa shape index (κ3) is 10.3. The Bertz CT molecular complexity index is 536. The number of nitrogens with one attached hydrogen (secondary N) is 3. The largest absolute Gasteiger partial charge is 0.546 e. The molecule has 3 atom stereocenters. The van der Waals surface area contributed by atoms with Crippen molar-refractivity contribution >= 4 is 29.7 Å². The zero-order valence-electron chi connectivity index (χ0n) is 15.4. The summed E-state index contributed by atoms with van der Waals surface area (Å²) < 4.78 is 4.63. The minimum Gasteiger partial charge on any atom is -0.546 e. The summed E-state index contributed by atoms with van der Waals surface area (Å²) in [7, 11) is 0. The van der Waals surface area contributed by atoms with Gasteiger partial charge in [-0.1, -0.05) is 0 Å². The Labute approximate surface area is 152 Å². The van der Waals surface area contributed by atoms with Crippen LogP contribution in [0.25, 0.3) is 0 Å². The highest BCUT2D eigenvalue weighted by molar-refractivity contribution is 5.90. The van der Waals surface area contributed by atoms with Crippen LogP contribution in [0, 0.1) is 0 Å². The SMILES string of the molecule is CC(=O)NCCCCC(NC(C)=O)C(=O)NC(C)C(=O)OC(C)C(=O)[O-]. The van der Waals surface area contributed by atoms with Crippen molar-refractivity contribution in [1.82, 2.24) is 16.0 Å². The lowest BCUT2D eigenvalue weighted by atomic mass is 10.1. The van der Waals surface area contributed by atoms with Crippen molar-refractivity contribution in [3.05, 3.63) is 0 Å². The Balaban J connectivity index is 4.56. The first-order valence-corrected chi connectivity index (χ1v) is 8.27. The number of hydrogen-bond acceptors (Lipinski definition) is 7. The predicted molar refractivity (Wildman–Crippen MR) is 88.3 cm³/mol. The van der Waals surface area contributed by atoms with E-state index in [0.717, 1.165) is 6.92 Å². The van der Waals surface area contributed by atoms with E-state index in [-0.39, 0.29) is 5.91 Å². The molecule has 3 unspecified atom stereocenters. The van der Waals surface area contributed by atoms with Crippen molar-refractivity contribution in [3.63, 3.8) is 0 Å². The summed E-state index contributed by atoms with van der Waals surface area (Å²) in [5, 5.41) is 18.1. The molecule has 0 bridgehead atoms. The molecule has 3 N–H and O–H groups in total. The van der Waals surface area contributed by atoms with Gasteiger partial charge in [-0.05, 0) is 33.1 Å². The molecule has 0 aromatic carbocycles. The van der Waals surface area contributed by atoms with Gasteiger partial charge in [0.15, 0.2) is 0 Å². The van der Waals surface area contributed by atoms with Crippen molar-refractivity contribution in [1.29, 1.82) is 0 Å². The fraction of sp³-hybridized carbons (Fsp3) is 0.688. The van der Waals surface area contributed by atoms with Gasteiger partial charge in [0.05, 0.1) is 5.97 Å². The van der Waals surface area contributed by atoms with E-state index in [1.54, 1.807) is 0 Å². The van der Waals surface area contributed by atoms with Gasteiger partial charge in [0.2, 0.25) is 17.7 Å². The zero-order valence-corrected chi connectivity index (χ0v) is 15.4. The van der Waals surface area contributed by atoms with Gasteiger partial charge in [-0.3, -0.25) is 14.4 Å². The second kappa shape index (κ2) is 11.8. The first kappa shape index (κ1) is 23.4. The van der Waals surface area contributed by atoms with Gasteiger partial charge in [0.1, 0.15) is 18.2 Å². The van der Waals surface area contributed by atoms with Crippen molar-refractivity contribution < 1.29 is 33.8 Å². The van der Waals surface area contributed by atoms with Crippen LogP contribution in [-0.2, 0) is 28.7 Å².